The predicted molar refractivity (Wildman–Crippen MR) is 85.2 cm³/mol. The van der Waals surface area contributed by atoms with Crippen molar-refractivity contribution in [2.45, 2.75) is 52.6 Å². The topological polar surface area (TPSA) is 67.2 Å². The molecular weight excluding hydrogens is 290 g/mol. The number of carbonyl (C=O) groups excluding carboxylic acids is 1. The lowest BCUT2D eigenvalue weighted by Gasteiger charge is -2.22. The van der Waals surface area contributed by atoms with E-state index in [-0.39, 0.29) is 12.5 Å². The molecule has 21 heavy (non-hydrogen) atoms. The van der Waals surface area contributed by atoms with Crippen LogP contribution in [0.5, 0.6) is 0 Å². The second-order valence-corrected chi connectivity index (χ2v) is 6.09. The van der Waals surface area contributed by atoms with Crippen molar-refractivity contribution in [2.24, 2.45) is 0 Å². The lowest BCUT2D eigenvalue weighted by atomic mass is 10.1. The lowest BCUT2D eigenvalue weighted by molar-refractivity contribution is -0.118. The van der Waals surface area contributed by atoms with Crippen LogP contribution in [-0.2, 0) is 11.3 Å². The van der Waals surface area contributed by atoms with Gasteiger partial charge in [0.1, 0.15) is 5.15 Å². The van der Waals surface area contributed by atoms with E-state index in [4.69, 9.17) is 16.7 Å². The zero-order valence-corrected chi connectivity index (χ0v) is 13.9. The maximum atomic E-state index is 11.8. The summed E-state index contributed by atoms with van der Waals surface area (Å²) in [5.41, 5.74) is 0.900. The molecule has 0 fully saturated rings. The average molecular weight is 314 g/mol. The molecule has 1 aromatic heterocycles. The molecule has 1 aromatic rings. The normalized spacial score (nSPS) is 12.1. The van der Waals surface area contributed by atoms with Crippen molar-refractivity contribution in [3.63, 3.8) is 0 Å². The van der Waals surface area contributed by atoms with Crippen LogP contribution in [0.15, 0.2) is 6.08 Å². The predicted octanol–water partition coefficient (Wildman–Crippen LogP) is 2.55. The number of hydrogen-bond donors (Lipinski definition) is 2. The number of unbranched alkanes of at least 4 members (excludes halogenated alkanes) is 1. The highest BCUT2D eigenvalue weighted by Crippen LogP contribution is 2.21. The molecule has 1 heterocycles. The summed E-state index contributed by atoms with van der Waals surface area (Å²) in [6.45, 7) is 8.12. The Labute approximate surface area is 131 Å². The van der Waals surface area contributed by atoms with Crippen molar-refractivity contribution >= 4 is 23.6 Å². The number of aromatic nitrogens is 2. The van der Waals surface area contributed by atoms with Crippen LogP contribution in [0.2, 0.25) is 5.15 Å². The van der Waals surface area contributed by atoms with Gasteiger partial charge in [-0.15, -0.1) is 0 Å². The molecule has 1 rings (SSSR count). The molecular formula is C15H24ClN3O2. The Morgan fingerprint density at radius 3 is 2.76 bits per heavy atom. The highest BCUT2D eigenvalue weighted by molar-refractivity contribution is 6.31. The number of rotatable bonds is 7. The molecule has 0 unspecified atom stereocenters. The van der Waals surface area contributed by atoms with Crippen LogP contribution in [0.4, 0.5) is 0 Å². The van der Waals surface area contributed by atoms with Crippen LogP contribution in [0.25, 0.3) is 6.08 Å². The van der Waals surface area contributed by atoms with E-state index in [9.17, 15) is 4.79 Å². The van der Waals surface area contributed by atoms with Gasteiger partial charge in [0.25, 0.3) is 0 Å². The summed E-state index contributed by atoms with van der Waals surface area (Å²) in [7, 11) is 0. The second kappa shape index (κ2) is 7.61. The average Bonchev–Trinajstić information content (AvgIpc) is 2.68. The molecule has 118 valence electrons. The number of nitrogens with zero attached hydrogens (tertiary/aromatic N) is 2. The van der Waals surface area contributed by atoms with Crippen molar-refractivity contribution < 1.29 is 9.90 Å². The van der Waals surface area contributed by atoms with Gasteiger partial charge in [-0.3, -0.25) is 9.48 Å². The summed E-state index contributed by atoms with van der Waals surface area (Å²) < 4.78 is 1.76. The molecule has 0 aliphatic carbocycles. The van der Waals surface area contributed by atoms with E-state index in [1.807, 2.05) is 6.92 Å². The standard InChI is InChI=1S/C15H24ClN3O2/c1-5-6-9-19-14(16)12(11(2)18-19)7-8-13(21)17-15(3,4)10-20/h7-8,20H,5-6,9-10H2,1-4H3,(H,17,21)/b8-7+. The highest BCUT2D eigenvalue weighted by Gasteiger charge is 2.18. The minimum absolute atomic E-state index is 0.124. The minimum Gasteiger partial charge on any atom is -0.394 e. The van der Waals surface area contributed by atoms with Gasteiger partial charge in [0.2, 0.25) is 5.91 Å². The van der Waals surface area contributed by atoms with E-state index in [1.165, 1.54) is 6.08 Å². The fourth-order valence-corrected chi connectivity index (χ4v) is 2.11. The fourth-order valence-electron chi connectivity index (χ4n) is 1.79. The third-order valence-corrected chi connectivity index (χ3v) is 3.49. The summed E-state index contributed by atoms with van der Waals surface area (Å²) >= 11 is 6.29. The molecule has 0 saturated heterocycles. The Morgan fingerprint density at radius 1 is 1.52 bits per heavy atom. The Balaban J connectivity index is 2.81. The maximum Gasteiger partial charge on any atom is 0.244 e. The van der Waals surface area contributed by atoms with Crippen LogP contribution < -0.4 is 5.32 Å². The fraction of sp³-hybridized carbons (Fsp3) is 0.600. The van der Waals surface area contributed by atoms with E-state index in [2.05, 4.69) is 17.3 Å². The summed E-state index contributed by atoms with van der Waals surface area (Å²) in [5.74, 6) is -0.272. The van der Waals surface area contributed by atoms with Crippen molar-refractivity contribution in [1.82, 2.24) is 15.1 Å². The first-order chi connectivity index (χ1) is 9.80. The molecule has 0 aromatic carbocycles. The molecule has 0 atom stereocenters. The summed E-state index contributed by atoms with van der Waals surface area (Å²) in [6.07, 6.45) is 5.15. The Bertz CT molecular complexity index is 521. The Hall–Kier alpha value is -1.33. The van der Waals surface area contributed by atoms with Gasteiger partial charge in [-0.25, -0.2) is 0 Å². The molecule has 0 saturated carbocycles. The van der Waals surface area contributed by atoms with Crippen molar-refractivity contribution in [1.29, 1.82) is 0 Å². The van der Waals surface area contributed by atoms with E-state index in [0.29, 0.717) is 5.15 Å². The van der Waals surface area contributed by atoms with Crippen molar-refractivity contribution in [2.75, 3.05) is 6.61 Å². The molecule has 5 nitrogen and oxygen atoms in total. The number of carbonyl (C=O) groups is 1. The zero-order valence-electron chi connectivity index (χ0n) is 13.1. The smallest absolute Gasteiger partial charge is 0.244 e. The number of aliphatic hydroxyl groups is 1. The number of aliphatic hydroxyl groups excluding tert-OH is 1. The van der Waals surface area contributed by atoms with Gasteiger partial charge in [0, 0.05) is 18.2 Å². The molecule has 0 spiro atoms. The van der Waals surface area contributed by atoms with Crippen LogP contribution in [0.3, 0.4) is 0 Å². The van der Waals surface area contributed by atoms with Gasteiger partial charge in [0.05, 0.1) is 17.8 Å². The van der Waals surface area contributed by atoms with E-state index in [0.717, 1.165) is 30.6 Å². The quantitative estimate of drug-likeness (QED) is 0.760. The SMILES string of the molecule is CCCCn1nc(C)c(/C=C/C(=O)NC(C)(C)CO)c1Cl. The van der Waals surface area contributed by atoms with E-state index >= 15 is 0 Å². The molecule has 0 radical (unpaired) electrons. The first-order valence-corrected chi connectivity index (χ1v) is 7.52. The minimum atomic E-state index is -0.647. The van der Waals surface area contributed by atoms with Gasteiger partial charge in [-0.05, 0) is 33.3 Å². The lowest BCUT2D eigenvalue weighted by Crippen LogP contribution is -2.45. The molecule has 0 aliphatic rings. The first-order valence-electron chi connectivity index (χ1n) is 7.14. The summed E-state index contributed by atoms with van der Waals surface area (Å²) in [6, 6.07) is 0. The molecule has 0 bridgehead atoms. The van der Waals surface area contributed by atoms with Crippen molar-refractivity contribution in [3.05, 3.63) is 22.5 Å². The molecule has 1 amide bonds. The maximum absolute atomic E-state index is 11.8. The van der Waals surface area contributed by atoms with Crippen LogP contribution >= 0.6 is 11.6 Å². The van der Waals surface area contributed by atoms with Crippen LogP contribution in [-0.4, -0.2) is 32.9 Å². The third-order valence-electron chi connectivity index (χ3n) is 3.09. The van der Waals surface area contributed by atoms with Crippen LogP contribution in [0, 0.1) is 6.92 Å². The summed E-state index contributed by atoms with van der Waals surface area (Å²) in [4.78, 5) is 11.8. The second-order valence-electron chi connectivity index (χ2n) is 5.73. The monoisotopic (exact) mass is 313 g/mol. The largest absolute Gasteiger partial charge is 0.394 e. The van der Waals surface area contributed by atoms with E-state index in [1.54, 1.807) is 24.6 Å². The van der Waals surface area contributed by atoms with Gasteiger partial charge < -0.3 is 10.4 Å². The first kappa shape index (κ1) is 17.7. The number of nitrogens with one attached hydrogen (secondary N) is 1. The Kier molecular flexibility index (Phi) is 6.42. The summed E-state index contributed by atoms with van der Waals surface area (Å²) in [5, 5.41) is 16.8. The number of aryl methyl sites for hydroxylation is 2. The molecule has 0 aliphatic heterocycles. The van der Waals surface area contributed by atoms with Gasteiger partial charge in [-0.2, -0.15) is 5.10 Å². The number of halogens is 1. The molecule has 6 heteroatoms. The van der Waals surface area contributed by atoms with Gasteiger partial charge >= 0.3 is 0 Å². The van der Waals surface area contributed by atoms with Gasteiger partial charge in [0.15, 0.2) is 0 Å². The number of amides is 1. The number of hydrogen-bond acceptors (Lipinski definition) is 3. The van der Waals surface area contributed by atoms with Crippen molar-refractivity contribution in [3.8, 4) is 0 Å². The Morgan fingerprint density at radius 2 is 2.19 bits per heavy atom. The molecule has 2 N–H and O–H groups in total. The zero-order chi connectivity index (χ0) is 16.0. The highest BCUT2D eigenvalue weighted by atomic mass is 35.5. The van der Waals surface area contributed by atoms with Crippen LogP contribution in [0.1, 0.15) is 44.9 Å². The van der Waals surface area contributed by atoms with E-state index < -0.39 is 5.54 Å². The third kappa shape index (κ3) is 5.17. The van der Waals surface area contributed by atoms with Gasteiger partial charge in [-0.1, -0.05) is 24.9 Å².